The molecule has 1 aliphatic rings. The number of rotatable bonds is 4. The quantitative estimate of drug-likeness (QED) is 0.342. The Balaban J connectivity index is 2.67. The first kappa shape index (κ1) is 13.9. The summed E-state index contributed by atoms with van der Waals surface area (Å²) in [6.45, 7) is 5.04. The molecule has 1 heterocycles. The van der Waals surface area contributed by atoms with Gasteiger partial charge in [-0.15, -0.1) is 0 Å². The number of hydrogen-bond acceptors (Lipinski definition) is 4. The van der Waals surface area contributed by atoms with E-state index in [-0.39, 0.29) is 17.9 Å². The first-order valence-electron chi connectivity index (χ1n) is 5.89. The molecule has 2 amide bonds. The lowest BCUT2D eigenvalue weighted by Crippen LogP contribution is -2.51. The number of hydrazine groups is 1. The van der Waals surface area contributed by atoms with Crippen LogP contribution in [0.25, 0.3) is 0 Å². The van der Waals surface area contributed by atoms with Crippen LogP contribution in [0.5, 0.6) is 0 Å². The molecule has 98 valence electrons. The maximum Gasteiger partial charge on any atom is 0.240 e. The van der Waals surface area contributed by atoms with Gasteiger partial charge in [0.25, 0.3) is 0 Å². The van der Waals surface area contributed by atoms with Crippen molar-refractivity contribution in [1.29, 1.82) is 0 Å². The Morgan fingerprint density at radius 1 is 1.47 bits per heavy atom. The van der Waals surface area contributed by atoms with Crippen molar-refractivity contribution in [3.05, 3.63) is 0 Å². The van der Waals surface area contributed by atoms with Crippen molar-refractivity contribution in [2.75, 3.05) is 20.1 Å². The van der Waals surface area contributed by atoms with E-state index in [0.717, 1.165) is 19.4 Å². The number of carbonyl (C=O) groups is 2. The average Bonchev–Trinajstić information content (AvgIpc) is 2.74. The smallest absolute Gasteiger partial charge is 0.240 e. The molecule has 1 atom stereocenters. The molecule has 1 rings (SSSR count). The van der Waals surface area contributed by atoms with Gasteiger partial charge in [-0.3, -0.25) is 19.9 Å². The minimum absolute atomic E-state index is 0.0199. The first-order valence-corrected chi connectivity index (χ1v) is 5.89. The van der Waals surface area contributed by atoms with Gasteiger partial charge >= 0.3 is 0 Å². The molecule has 6 nitrogen and oxygen atoms in total. The number of nitrogens with two attached hydrogens (primary N) is 1. The van der Waals surface area contributed by atoms with E-state index in [1.54, 1.807) is 7.05 Å². The van der Waals surface area contributed by atoms with Crippen molar-refractivity contribution >= 4 is 11.8 Å². The molecule has 0 aromatic carbocycles. The zero-order valence-electron chi connectivity index (χ0n) is 10.7. The molecule has 0 aliphatic carbocycles. The van der Waals surface area contributed by atoms with E-state index in [0.29, 0.717) is 6.54 Å². The Kier molecular flexibility index (Phi) is 4.47. The second kappa shape index (κ2) is 5.46. The maximum absolute atomic E-state index is 11.7. The van der Waals surface area contributed by atoms with E-state index in [9.17, 15) is 9.59 Å². The third-order valence-electron chi connectivity index (χ3n) is 3.26. The summed E-state index contributed by atoms with van der Waals surface area (Å²) >= 11 is 0. The van der Waals surface area contributed by atoms with Gasteiger partial charge in [-0.2, -0.15) is 0 Å². The average molecular weight is 242 g/mol. The van der Waals surface area contributed by atoms with Crippen LogP contribution in [0, 0.1) is 5.41 Å². The van der Waals surface area contributed by atoms with Crippen LogP contribution in [0.1, 0.15) is 26.7 Å². The van der Waals surface area contributed by atoms with E-state index in [1.807, 2.05) is 18.7 Å². The van der Waals surface area contributed by atoms with Crippen LogP contribution in [-0.2, 0) is 9.59 Å². The van der Waals surface area contributed by atoms with Crippen molar-refractivity contribution in [2.24, 2.45) is 11.3 Å². The fourth-order valence-corrected chi connectivity index (χ4v) is 2.25. The summed E-state index contributed by atoms with van der Waals surface area (Å²) in [6.07, 6.45) is 1.83. The molecule has 1 unspecified atom stereocenters. The van der Waals surface area contributed by atoms with Crippen molar-refractivity contribution in [3.8, 4) is 0 Å². The topological polar surface area (TPSA) is 87.5 Å². The largest absolute Gasteiger partial charge is 0.358 e. The Morgan fingerprint density at radius 2 is 2.12 bits per heavy atom. The lowest BCUT2D eigenvalue weighted by atomic mass is 9.91. The highest BCUT2D eigenvalue weighted by molar-refractivity contribution is 5.83. The Labute approximate surface area is 102 Å². The summed E-state index contributed by atoms with van der Waals surface area (Å²) in [7, 11) is 1.64. The van der Waals surface area contributed by atoms with Gasteiger partial charge in [0, 0.05) is 13.6 Å². The van der Waals surface area contributed by atoms with E-state index < -0.39 is 5.41 Å². The van der Waals surface area contributed by atoms with Gasteiger partial charge < -0.3 is 5.32 Å². The highest BCUT2D eigenvalue weighted by atomic mass is 16.2. The van der Waals surface area contributed by atoms with Crippen LogP contribution in [0.2, 0.25) is 0 Å². The van der Waals surface area contributed by atoms with Crippen LogP contribution >= 0.6 is 0 Å². The van der Waals surface area contributed by atoms with Crippen molar-refractivity contribution in [2.45, 2.75) is 32.7 Å². The minimum atomic E-state index is -0.592. The second-order valence-corrected chi connectivity index (χ2v) is 5.10. The predicted molar refractivity (Wildman–Crippen MR) is 64.8 cm³/mol. The zero-order chi connectivity index (χ0) is 13.1. The lowest BCUT2D eigenvalue weighted by Gasteiger charge is -2.31. The molecule has 1 fully saturated rings. The molecular formula is C11H22N4O2. The molecule has 0 bridgehead atoms. The van der Waals surface area contributed by atoms with E-state index in [1.165, 1.54) is 0 Å². The highest BCUT2D eigenvalue weighted by Gasteiger charge is 2.36. The van der Waals surface area contributed by atoms with Crippen LogP contribution in [0.4, 0.5) is 0 Å². The Morgan fingerprint density at radius 3 is 2.65 bits per heavy atom. The molecule has 1 aliphatic heterocycles. The van der Waals surface area contributed by atoms with Crippen LogP contribution < -0.4 is 16.6 Å². The molecular weight excluding hydrogens is 220 g/mol. The number of nitrogens with one attached hydrogen (secondary N) is 2. The zero-order valence-corrected chi connectivity index (χ0v) is 10.7. The van der Waals surface area contributed by atoms with E-state index in [4.69, 9.17) is 5.84 Å². The van der Waals surface area contributed by atoms with Crippen LogP contribution in [-0.4, -0.2) is 42.9 Å². The molecule has 0 spiro atoms. The van der Waals surface area contributed by atoms with Crippen LogP contribution in [0.15, 0.2) is 0 Å². The SMILES string of the molecule is CNC(=O)C1CCCN1CC(C)(C)C(=O)NN. The molecule has 0 saturated carbocycles. The van der Waals surface area contributed by atoms with Gasteiger partial charge in [0.15, 0.2) is 0 Å². The monoisotopic (exact) mass is 242 g/mol. The third kappa shape index (κ3) is 3.17. The summed E-state index contributed by atoms with van der Waals surface area (Å²) < 4.78 is 0. The predicted octanol–water partition coefficient (Wildman–Crippen LogP) is -0.787. The molecule has 0 aromatic heterocycles. The minimum Gasteiger partial charge on any atom is -0.358 e. The number of nitrogens with zero attached hydrogens (tertiary/aromatic N) is 1. The lowest BCUT2D eigenvalue weighted by molar-refractivity contribution is -0.132. The number of likely N-dealkylation sites (tertiary alicyclic amines) is 1. The van der Waals surface area contributed by atoms with Crippen molar-refractivity contribution in [1.82, 2.24) is 15.6 Å². The van der Waals surface area contributed by atoms with E-state index in [2.05, 4.69) is 10.7 Å². The van der Waals surface area contributed by atoms with Gasteiger partial charge in [-0.25, -0.2) is 5.84 Å². The summed E-state index contributed by atoms with van der Waals surface area (Å²) in [4.78, 5) is 25.3. The fraction of sp³-hybridized carbons (Fsp3) is 0.818. The first-order chi connectivity index (χ1) is 7.92. The summed E-state index contributed by atoms with van der Waals surface area (Å²) in [5, 5.41) is 2.66. The number of hydrogen-bond donors (Lipinski definition) is 3. The standard InChI is InChI=1S/C11H22N4O2/c1-11(2,10(17)14-12)7-15-6-4-5-8(15)9(16)13-3/h8H,4-7,12H2,1-3H3,(H,13,16)(H,14,17). The molecule has 6 heteroatoms. The second-order valence-electron chi connectivity index (χ2n) is 5.10. The van der Waals surface area contributed by atoms with Gasteiger partial charge in [0.1, 0.15) is 0 Å². The van der Waals surface area contributed by atoms with Crippen molar-refractivity contribution in [3.63, 3.8) is 0 Å². The highest BCUT2D eigenvalue weighted by Crippen LogP contribution is 2.24. The van der Waals surface area contributed by atoms with E-state index >= 15 is 0 Å². The normalized spacial score (nSPS) is 21.3. The molecule has 17 heavy (non-hydrogen) atoms. The molecule has 4 N–H and O–H groups in total. The van der Waals surface area contributed by atoms with Gasteiger partial charge in [0.05, 0.1) is 11.5 Å². The number of carbonyl (C=O) groups excluding carboxylic acids is 2. The Hall–Kier alpha value is -1.14. The number of amides is 2. The summed E-state index contributed by atoms with van der Waals surface area (Å²) in [6, 6.07) is -0.121. The Bertz CT molecular complexity index is 304. The fourth-order valence-electron chi connectivity index (χ4n) is 2.25. The summed E-state index contributed by atoms with van der Waals surface area (Å²) in [5.74, 6) is 4.97. The third-order valence-corrected chi connectivity index (χ3v) is 3.26. The molecule has 1 saturated heterocycles. The van der Waals surface area contributed by atoms with Gasteiger partial charge in [0.2, 0.25) is 11.8 Å². The molecule has 0 aromatic rings. The van der Waals surface area contributed by atoms with Crippen LogP contribution in [0.3, 0.4) is 0 Å². The van der Waals surface area contributed by atoms with Gasteiger partial charge in [-0.05, 0) is 33.2 Å². The molecule has 0 radical (unpaired) electrons. The van der Waals surface area contributed by atoms with Crippen molar-refractivity contribution < 1.29 is 9.59 Å². The number of likely N-dealkylation sites (N-methyl/N-ethyl adjacent to an activating group) is 1. The van der Waals surface area contributed by atoms with Gasteiger partial charge in [-0.1, -0.05) is 0 Å². The maximum atomic E-state index is 11.7. The summed E-state index contributed by atoms with van der Waals surface area (Å²) in [5.41, 5.74) is 1.58.